The number of anilines is 1. The molecule has 2 N–H and O–H groups in total. The van der Waals surface area contributed by atoms with Gasteiger partial charge in [0.1, 0.15) is 10.8 Å². The number of carbonyl (C=O) groups is 2. The summed E-state index contributed by atoms with van der Waals surface area (Å²) in [5.41, 5.74) is 2.24. The van der Waals surface area contributed by atoms with Crippen molar-refractivity contribution < 1.29 is 27.9 Å². The molecule has 0 aliphatic rings. The van der Waals surface area contributed by atoms with Crippen molar-refractivity contribution in [3.63, 3.8) is 0 Å². The molecule has 0 saturated carbocycles. The lowest BCUT2D eigenvalue weighted by Crippen LogP contribution is -2.15. The van der Waals surface area contributed by atoms with E-state index < -0.39 is 28.3 Å². The Morgan fingerprint density at radius 3 is 2.58 bits per heavy atom. The average Bonchev–Trinajstić information content (AvgIpc) is 3.45. The van der Waals surface area contributed by atoms with E-state index in [4.69, 9.17) is 21.4 Å². The number of aromatic nitrogens is 1. The molecule has 0 saturated heterocycles. The molecule has 8 nitrogen and oxygen atoms in total. The number of carboxylic acids is 1. The van der Waals surface area contributed by atoms with Crippen LogP contribution in [0.2, 0.25) is 5.02 Å². The molecule has 0 spiro atoms. The first kappa shape index (κ1) is 29.0. The van der Waals surface area contributed by atoms with Gasteiger partial charge in [0, 0.05) is 22.2 Å². The molecule has 1 heterocycles. The predicted molar refractivity (Wildman–Crippen MR) is 157 cm³/mol. The molecule has 40 heavy (non-hydrogen) atoms. The largest absolute Gasteiger partial charge is 0.480 e. The zero-order valence-corrected chi connectivity index (χ0v) is 23.5. The van der Waals surface area contributed by atoms with Crippen molar-refractivity contribution in [1.29, 1.82) is 0 Å². The second-order valence-electron chi connectivity index (χ2n) is 8.67. The summed E-state index contributed by atoms with van der Waals surface area (Å²) in [6, 6.07) is 18.0. The Hall–Kier alpha value is -3.99. The Kier molecular flexibility index (Phi) is 9.70. The molecule has 4 aromatic rings. The van der Waals surface area contributed by atoms with Crippen molar-refractivity contribution in [2.24, 2.45) is 0 Å². The quantitative estimate of drug-likeness (QED) is 0.203. The molecule has 0 atom stereocenters. The fourth-order valence-electron chi connectivity index (χ4n) is 3.78. The summed E-state index contributed by atoms with van der Waals surface area (Å²) in [5.74, 6) is -1.46. The average molecular weight is 597 g/mol. The number of carboxylic acid groups (broad SMARTS) is 1. The maximum Gasteiger partial charge on any atom is 0.341 e. The third kappa shape index (κ3) is 8.25. The van der Waals surface area contributed by atoms with Gasteiger partial charge in [-0.3, -0.25) is 4.79 Å². The van der Waals surface area contributed by atoms with Gasteiger partial charge in [0.05, 0.1) is 16.3 Å². The number of halogens is 1. The van der Waals surface area contributed by atoms with Crippen LogP contribution in [0.4, 0.5) is 5.69 Å². The second kappa shape index (κ2) is 13.4. The first-order valence-electron chi connectivity index (χ1n) is 12.1. The third-order valence-corrected chi connectivity index (χ3v) is 8.52. The third-order valence-electron chi connectivity index (χ3n) is 5.71. The number of nitrogens with zero attached hydrogens (tertiary/aromatic N) is 1. The first-order chi connectivity index (χ1) is 19.2. The van der Waals surface area contributed by atoms with Crippen LogP contribution in [0.25, 0.3) is 12.2 Å². The number of hydrogen-bond donors (Lipinski definition) is 2. The summed E-state index contributed by atoms with van der Waals surface area (Å²) in [6.07, 6.45) is 6.17. The molecule has 3 aromatic carbocycles. The number of thiazole rings is 1. The van der Waals surface area contributed by atoms with Gasteiger partial charge in [-0.1, -0.05) is 35.9 Å². The smallest absolute Gasteiger partial charge is 0.341 e. The molecule has 1 aromatic heterocycles. The number of hydrogen-bond acceptors (Lipinski definition) is 7. The topological polar surface area (TPSA) is 123 Å². The number of sulfone groups is 1. The summed E-state index contributed by atoms with van der Waals surface area (Å²) in [4.78, 5) is 28.6. The van der Waals surface area contributed by atoms with Crippen molar-refractivity contribution in [3.05, 3.63) is 105 Å². The van der Waals surface area contributed by atoms with Gasteiger partial charge in [0.15, 0.2) is 16.4 Å². The maximum absolute atomic E-state index is 13.1. The van der Waals surface area contributed by atoms with Crippen molar-refractivity contribution >= 4 is 62.5 Å². The maximum atomic E-state index is 13.1. The van der Waals surface area contributed by atoms with E-state index in [2.05, 4.69) is 10.3 Å². The van der Waals surface area contributed by atoms with Crippen LogP contribution in [0.3, 0.4) is 0 Å². The Bertz CT molecular complexity index is 1620. The highest BCUT2D eigenvalue weighted by atomic mass is 35.5. The summed E-state index contributed by atoms with van der Waals surface area (Å²) in [7, 11) is -3.49. The minimum atomic E-state index is -3.49. The lowest BCUT2D eigenvalue weighted by molar-refractivity contribution is -0.139. The Labute approximate surface area is 240 Å². The van der Waals surface area contributed by atoms with Gasteiger partial charge >= 0.3 is 5.97 Å². The van der Waals surface area contributed by atoms with Gasteiger partial charge < -0.3 is 15.2 Å². The lowest BCUT2D eigenvalue weighted by atomic mass is 10.1. The van der Waals surface area contributed by atoms with E-state index in [1.807, 2.05) is 23.6 Å². The first-order valence-corrected chi connectivity index (χ1v) is 15.1. The highest BCUT2D eigenvalue weighted by Gasteiger charge is 2.16. The van der Waals surface area contributed by atoms with Crippen LogP contribution in [-0.2, 0) is 21.1 Å². The van der Waals surface area contributed by atoms with Crippen LogP contribution in [0, 0.1) is 0 Å². The number of ether oxygens (including phenoxy) is 1. The molecule has 11 heteroatoms. The van der Waals surface area contributed by atoms with Gasteiger partial charge in [0.2, 0.25) is 0 Å². The van der Waals surface area contributed by atoms with Crippen molar-refractivity contribution in [2.75, 3.05) is 17.7 Å². The molecule has 0 aliphatic carbocycles. The minimum Gasteiger partial charge on any atom is -0.480 e. The fourth-order valence-corrected chi connectivity index (χ4v) is 5.75. The zero-order chi connectivity index (χ0) is 28.5. The number of rotatable bonds is 12. The van der Waals surface area contributed by atoms with E-state index in [1.54, 1.807) is 42.6 Å². The highest BCUT2D eigenvalue weighted by molar-refractivity contribution is 7.91. The Morgan fingerprint density at radius 2 is 1.85 bits per heavy atom. The van der Waals surface area contributed by atoms with E-state index in [-0.39, 0.29) is 22.1 Å². The van der Waals surface area contributed by atoms with Crippen LogP contribution >= 0.6 is 22.9 Å². The Morgan fingerprint density at radius 1 is 1.05 bits per heavy atom. The van der Waals surface area contributed by atoms with Gasteiger partial charge in [0.25, 0.3) is 5.91 Å². The van der Waals surface area contributed by atoms with E-state index in [0.29, 0.717) is 23.4 Å². The number of aliphatic carboxylic acids is 1. The van der Waals surface area contributed by atoms with Crippen LogP contribution in [0.1, 0.15) is 32.9 Å². The molecule has 0 radical (unpaired) electrons. The van der Waals surface area contributed by atoms with Crippen LogP contribution < -0.4 is 10.1 Å². The minimum absolute atomic E-state index is 0.0745. The zero-order valence-electron chi connectivity index (χ0n) is 21.1. The summed E-state index contributed by atoms with van der Waals surface area (Å²) >= 11 is 7.36. The number of aryl methyl sites for hydroxylation is 1. The molecule has 1 amide bonds. The van der Waals surface area contributed by atoms with Gasteiger partial charge in [-0.25, -0.2) is 18.2 Å². The molecule has 0 bridgehead atoms. The number of amides is 1. The molecule has 0 aliphatic heterocycles. The van der Waals surface area contributed by atoms with Crippen molar-refractivity contribution in [3.8, 4) is 5.75 Å². The number of nitrogens with one attached hydrogen (secondary N) is 1. The van der Waals surface area contributed by atoms with Crippen molar-refractivity contribution in [2.45, 2.75) is 17.7 Å². The molecular weight excluding hydrogens is 572 g/mol. The highest BCUT2D eigenvalue weighted by Crippen LogP contribution is 2.28. The summed E-state index contributed by atoms with van der Waals surface area (Å²) in [5, 5.41) is 15.0. The lowest BCUT2D eigenvalue weighted by Gasteiger charge is -2.14. The van der Waals surface area contributed by atoms with Crippen LogP contribution in [0.5, 0.6) is 5.75 Å². The SMILES string of the molecule is O=C(O)COc1ccc(CCCS(=O)(=O)c2ccc(Cl)cc2)cc1NC(=O)c1cccc(C=Cc2nccs2)c1. The summed E-state index contributed by atoms with van der Waals surface area (Å²) in [6.45, 7) is -0.585. The number of carbonyl (C=O) groups excluding carboxylic acids is 1. The monoisotopic (exact) mass is 596 g/mol. The fraction of sp³-hybridized carbons (Fsp3) is 0.138. The summed E-state index contributed by atoms with van der Waals surface area (Å²) < 4.78 is 30.7. The van der Waals surface area contributed by atoms with Gasteiger partial charge in [-0.05, 0) is 78.6 Å². The molecular formula is C29H25ClN2O6S2. The predicted octanol–water partition coefficient (Wildman–Crippen LogP) is 6.09. The molecule has 206 valence electrons. The van der Waals surface area contributed by atoms with Crippen molar-refractivity contribution in [1.82, 2.24) is 4.98 Å². The molecule has 0 unspecified atom stereocenters. The van der Waals surface area contributed by atoms with Gasteiger partial charge in [-0.2, -0.15) is 0 Å². The van der Waals surface area contributed by atoms with E-state index in [0.717, 1.165) is 16.1 Å². The van der Waals surface area contributed by atoms with Crippen LogP contribution in [0.15, 0.2) is 83.2 Å². The van der Waals surface area contributed by atoms with E-state index in [1.165, 1.54) is 35.6 Å². The Balaban J connectivity index is 1.47. The standard InChI is InChI=1S/C29H25ClN2O6S2/c30-23-8-10-24(11-9-23)40(36,37)16-2-4-21-6-12-26(38-19-28(33)34)25(18-21)32-29(35)22-5-1-3-20(17-22)7-13-27-31-14-15-39-27/h1,3,5-15,17-18H,2,4,16,19H2,(H,32,35)(H,33,34). The second-order valence-corrected chi connectivity index (χ2v) is 12.1. The van der Waals surface area contributed by atoms with E-state index >= 15 is 0 Å². The molecule has 0 fully saturated rings. The molecule has 4 rings (SSSR count). The van der Waals surface area contributed by atoms with E-state index in [9.17, 15) is 18.0 Å². The van der Waals surface area contributed by atoms with Gasteiger partial charge in [-0.15, -0.1) is 11.3 Å². The number of benzene rings is 3. The van der Waals surface area contributed by atoms with Crippen LogP contribution in [-0.4, -0.2) is 42.7 Å². The normalized spacial score (nSPS) is 11.4.